The lowest BCUT2D eigenvalue weighted by atomic mass is 10.0. The highest BCUT2D eigenvalue weighted by molar-refractivity contribution is 5.56. The monoisotopic (exact) mass is 273 g/mol. The Morgan fingerprint density at radius 1 is 1.25 bits per heavy atom. The van der Waals surface area contributed by atoms with Crippen LogP contribution in [-0.2, 0) is 6.54 Å². The molecule has 0 fully saturated rings. The van der Waals surface area contributed by atoms with Crippen LogP contribution in [-0.4, -0.2) is 19.1 Å². The van der Waals surface area contributed by atoms with Crippen LogP contribution < -0.4 is 10.2 Å². The summed E-state index contributed by atoms with van der Waals surface area (Å²) in [7, 11) is 3.78. The van der Waals surface area contributed by atoms with Gasteiger partial charge in [-0.3, -0.25) is 4.98 Å². The molecule has 20 heavy (non-hydrogen) atoms. The van der Waals surface area contributed by atoms with Crippen LogP contribution in [0.25, 0.3) is 0 Å². The van der Waals surface area contributed by atoms with Gasteiger partial charge in [-0.2, -0.15) is 0 Å². The number of para-hydroxylation sites is 1. The number of hydrogen-bond donors (Lipinski definition) is 1. The Morgan fingerprint density at radius 3 is 2.60 bits per heavy atom. The molecule has 1 atom stereocenters. The Morgan fingerprint density at radius 2 is 1.95 bits per heavy atom. The van der Waals surface area contributed by atoms with Gasteiger partial charge in [0.05, 0.1) is 5.69 Å². The van der Waals surface area contributed by atoms with Gasteiger partial charge in [-0.25, -0.2) is 4.39 Å². The molecule has 0 radical (unpaired) electrons. The molecule has 0 aliphatic carbocycles. The van der Waals surface area contributed by atoms with Crippen molar-refractivity contribution in [3.05, 3.63) is 59.7 Å². The lowest BCUT2D eigenvalue weighted by Gasteiger charge is -2.25. The van der Waals surface area contributed by atoms with Crippen molar-refractivity contribution >= 4 is 5.69 Å². The molecule has 3 nitrogen and oxygen atoms in total. The maximum atomic E-state index is 14.2. The zero-order chi connectivity index (χ0) is 14.5. The van der Waals surface area contributed by atoms with E-state index in [-0.39, 0.29) is 11.9 Å². The van der Waals surface area contributed by atoms with Gasteiger partial charge >= 0.3 is 0 Å². The standard InChI is InChI=1S/C16H20FN3/c1-12(18-2)14-5-4-6-15(17)16(14)20(3)11-13-7-9-19-10-8-13/h4-10,12,18H,11H2,1-3H3. The lowest BCUT2D eigenvalue weighted by Crippen LogP contribution is -2.22. The van der Waals surface area contributed by atoms with E-state index < -0.39 is 0 Å². The Bertz CT molecular complexity index is 557. The highest BCUT2D eigenvalue weighted by atomic mass is 19.1. The maximum absolute atomic E-state index is 14.2. The fourth-order valence-corrected chi connectivity index (χ4v) is 2.28. The molecule has 1 heterocycles. The fourth-order valence-electron chi connectivity index (χ4n) is 2.28. The van der Waals surface area contributed by atoms with Crippen LogP contribution in [0.4, 0.5) is 10.1 Å². The van der Waals surface area contributed by atoms with Crippen molar-refractivity contribution < 1.29 is 4.39 Å². The fraction of sp³-hybridized carbons (Fsp3) is 0.312. The molecule has 1 N–H and O–H groups in total. The van der Waals surface area contributed by atoms with Gasteiger partial charge in [0, 0.05) is 32.0 Å². The van der Waals surface area contributed by atoms with Gasteiger partial charge < -0.3 is 10.2 Å². The molecule has 0 spiro atoms. The van der Waals surface area contributed by atoms with E-state index in [1.54, 1.807) is 18.5 Å². The normalized spacial score (nSPS) is 12.2. The summed E-state index contributed by atoms with van der Waals surface area (Å²) in [5, 5.41) is 3.16. The molecule has 4 heteroatoms. The zero-order valence-corrected chi connectivity index (χ0v) is 12.1. The van der Waals surface area contributed by atoms with Crippen LogP contribution in [0.5, 0.6) is 0 Å². The minimum Gasteiger partial charge on any atom is -0.368 e. The number of anilines is 1. The Balaban J connectivity index is 2.31. The molecule has 106 valence electrons. The third-order valence-electron chi connectivity index (χ3n) is 3.47. The number of rotatable bonds is 5. The van der Waals surface area contributed by atoms with Crippen LogP contribution in [0, 0.1) is 5.82 Å². The zero-order valence-electron chi connectivity index (χ0n) is 12.1. The van der Waals surface area contributed by atoms with E-state index in [1.807, 2.05) is 44.1 Å². The number of halogens is 1. The molecule has 2 aromatic rings. The first kappa shape index (κ1) is 14.5. The Labute approximate surface area is 119 Å². The number of benzene rings is 1. The summed E-state index contributed by atoms with van der Waals surface area (Å²) < 4.78 is 14.2. The molecule has 2 rings (SSSR count). The first-order chi connectivity index (χ1) is 9.63. The van der Waals surface area contributed by atoms with Crippen molar-refractivity contribution in [1.29, 1.82) is 0 Å². The molecule has 0 saturated carbocycles. The molecule has 0 bridgehead atoms. The smallest absolute Gasteiger partial charge is 0.146 e. The third kappa shape index (κ3) is 3.14. The summed E-state index contributed by atoms with van der Waals surface area (Å²) in [4.78, 5) is 5.94. The van der Waals surface area contributed by atoms with E-state index in [0.29, 0.717) is 12.2 Å². The van der Waals surface area contributed by atoms with E-state index >= 15 is 0 Å². The second-order valence-corrected chi connectivity index (χ2v) is 4.90. The van der Waals surface area contributed by atoms with Crippen molar-refractivity contribution in [2.45, 2.75) is 19.5 Å². The summed E-state index contributed by atoms with van der Waals surface area (Å²) in [6.07, 6.45) is 3.50. The van der Waals surface area contributed by atoms with Gasteiger partial charge in [-0.1, -0.05) is 12.1 Å². The Kier molecular flexibility index (Phi) is 4.69. The predicted octanol–water partition coefficient (Wildman–Crippen LogP) is 3.14. The van der Waals surface area contributed by atoms with Crippen molar-refractivity contribution in [3.63, 3.8) is 0 Å². The van der Waals surface area contributed by atoms with Crippen molar-refractivity contribution in [2.24, 2.45) is 0 Å². The van der Waals surface area contributed by atoms with Gasteiger partial charge in [0.25, 0.3) is 0 Å². The number of hydrogen-bond acceptors (Lipinski definition) is 3. The molecular weight excluding hydrogens is 253 g/mol. The average molecular weight is 273 g/mol. The van der Waals surface area contributed by atoms with Gasteiger partial charge in [-0.15, -0.1) is 0 Å². The van der Waals surface area contributed by atoms with E-state index in [2.05, 4.69) is 10.3 Å². The lowest BCUT2D eigenvalue weighted by molar-refractivity contribution is 0.602. The largest absolute Gasteiger partial charge is 0.368 e. The molecule has 1 unspecified atom stereocenters. The summed E-state index contributed by atoms with van der Waals surface area (Å²) in [6, 6.07) is 9.20. The Hall–Kier alpha value is -1.94. The average Bonchev–Trinajstić information content (AvgIpc) is 2.47. The highest BCUT2D eigenvalue weighted by Gasteiger charge is 2.16. The maximum Gasteiger partial charge on any atom is 0.146 e. The summed E-state index contributed by atoms with van der Waals surface area (Å²) in [6.45, 7) is 2.67. The van der Waals surface area contributed by atoms with Crippen LogP contribution in [0.1, 0.15) is 24.1 Å². The summed E-state index contributed by atoms with van der Waals surface area (Å²) in [5.41, 5.74) is 2.71. The van der Waals surface area contributed by atoms with E-state index in [9.17, 15) is 4.39 Å². The van der Waals surface area contributed by atoms with Gasteiger partial charge in [-0.05, 0) is 43.3 Å². The van der Waals surface area contributed by atoms with Gasteiger partial charge in [0.2, 0.25) is 0 Å². The minimum absolute atomic E-state index is 0.0978. The quantitative estimate of drug-likeness (QED) is 0.907. The molecule has 1 aromatic heterocycles. The highest BCUT2D eigenvalue weighted by Crippen LogP contribution is 2.29. The van der Waals surface area contributed by atoms with Gasteiger partial charge in [0.15, 0.2) is 0 Å². The molecule has 0 aliphatic rings. The summed E-state index contributed by atoms with van der Waals surface area (Å²) >= 11 is 0. The van der Waals surface area contributed by atoms with Gasteiger partial charge in [0.1, 0.15) is 5.82 Å². The topological polar surface area (TPSA) is 28.2 Å². The van der Waals surface area contributed by atoms with Crippen LogP contribution in [0.15, 0.2) is 42.7 Å². The number of nitrogens with one attached hydrogen (secondary N) is 1. The van der Waals surface area contributed by atoms with E-state index in [0.717, 1.165) is 11.1 Å². The molecule has 0 aliphatic heterocycles. The molecule has 0 saturated heterocycles. The van der Waals surface area contributed by atoms with Crippen LogP contribution >= 0.6 is 0 Å². The van der Waals surface area contributed by atoms with Crippen molar-refractivity contribution in [2.75, 3.05) is 19.0 Å². The second kappa shape index (κ2) is 6.48. The summed E-state index contributed by atoms with van der Waals surface area (Å²) in [5.74, 6) is -0.193. The van der Waals surface area contributed by atoms with E-state index in [4.69, 9.17) is 0 Å². The minimum atomic E-state index is -0.193. The molecule has 0 amide bonds. The third-order valence-corrected chi connectivity index (χ3v) is 3.47. The van der Waals surface area contributed by atoms with Crippen molar-refractivity contribution in [3.8, 4) is 0 Å². The first-order valence-corrected chi connectivity index (χ1v) is 6.69. The number of aromatic nitrogens is 1. The van der Waals surface area contributed by atoms with E-state index in [1.165, 1.54) is 6.07 Å². The van der Waals surface area contributed by atoms with Crippen molar-refractivity contribution in [1.82, 2.24) is 10.3 Å². The molecule has 1 aromatic carbocycles. The van der Waals surface area contributed by atoms with Crippen LogP contribution in [0.3, 0.4) is 0 Å². The molecular formula is C16H20FN3. The SMILES string of the molecule is CNC(C)c1cccc(F)c1N(C)Cc1ccncc1. The second-order valence-electron chi connectivity index (χ2n) is 4.90. The number of nitrogens with zero attached hydrogens (tertiary/aromatic N) is 2. The predicted molar refractivity (Wildman–Crippen MR) is 80.2 cm³/mol. The van der Waals surface area contributed by atoms with Crippen LogP contribution in [0.2, 0.25) is 0 Å². The number of pyridine rings is 1. The first-order valence-electron chi connectivity index (χ1n) is 6.69.